The first-order valence-electron chi connectivity index (χ1n) is 5.91. The van der Waals surface area contributed by atoms with Gasteiger partial charge in [-0.25, -0.2) is 9.78 Å². The van der Waals surface area contributed by atoms with Crippen LogP contribution in [0.5, 0.6) is 0 Å². The molecule has 0 aliphatic rings. The highest BCUT2D eigenvalue weighted by Crippen LogP contribution is 2.25. The predicted octanol–water partition coefficient (Wildman–Crippen LogP) is 1.42. The van der Waals surface area contributed by atoms with Crippen molar-refractivity contribution in [1.29, 1.82) is 0 Å². The minimum absolute atomic E-state index is 0.0586. The maximum absolute atomic E-state index is 11.6. The number of benzene rings is 1. The number of carboxylic acid groups (broad SMARTS) is 1. The van der Waals surface area contributed by atoms with Gasteiger partial charge in [-0.3, -0.25) is 4.79 Å². The van der Waals surface area contributed by atoms with E-state index in [1.807, 2.05) is 13.8 Å². The number of carbonyl (C=O) groups excluding carboxylic acids is 1. The van der Waals surface area contributed by atoms with Crippen LogP contribution in [0.1, 0.15) is 30.2 Å². The van der Waals surface area contributed by atoms with Crippen molar-refractivity contribution in [3.8, 4) is 0 Å². The SMILES string of the molecule is CC(C)C(C(N)=O)n1cnc2cccc(C(=O)O)c21. The van der Waals surface area contributed by atoms with Crippen molar-refractivity contribution < 1.29 is 14.7 Å². The van der Waals surface area contributed by atoms with Crippen LogP contribution >= 0.6 is 0 Å². The number of carbonyl (C=O) groups is 2. The summed E-state index contributed by atoms with van der Waals surface area (Å²) < 4.78 is 1.55. The summed E-state index contributed by atoms with van der Waals surface area (Å²) in [5.74, 6) is -1.62. The van der Waals surface area contributed by atoms with Crippen molar-refractivity contribution in [2.45, 2.75) is 19.9 Å². The van der Waals surface area contributed by atoms with Crippen molar-refractivity contribution in [3.05, 3.63) is 30.1 Å². The maximum Gasteiger partial charge on any atom is 0.337 e. The van der Waals surface area contributed by atoms with Gasteiger partial charge in [-0.1, -0.05) is 19.9 Å². The fraction of sp³-hybridized carbons (Fsp3) is 0.308. The van der Waals surface area contributed by atoms with E-state index in [-0.39, 0.29) is 11.5 Å². The van der Waals surface area contributed by atoms with E-state index in [1.165, 1.54) is 12.4 Å². The third-order valence-electron chi connectivity index (χ3n) is 3.05. The molecule has 1 amide bonds. The monoisotopic (exact) mass is 261 g/mol. The predicted molar refractivity (Wildman–Crippen MR) is 69.8 cm³/mol. The van der Waals surface area contributed by atoms with E-state index in [0.717, 1.165) is 0 Å². The number of nitrogens with two attached hydrogens (primary N) is 1. The van der Waals surface area contributed by atoms with Crippen molar-refractivity contribution in [2.24, 2.45) is 11.7 Å². The lowest BCUT2D eigenvalue weighted by atomic mass is 10.0. The second-order valence-electron chi connectivity index (χ2n) is 4.72. The van der Waals surface area contributed by atoms with Gasteiger partial charge in [0.25, 0.3) is 0 Å². The number of imidazole rings is 1. The molecule has 1 unspecified atom stereocenters. The summed E-state index contributed by atoms with van der Waals surface area (Å²) >= 11 is 0. The van der Waals surface area contributed by atoms with Crippen LogP contribution in [0.25, 0.3) is 11.0 Å². The largest absolute Gasteiger partial charge is 0.478 e. The Morgan fingerprint density at radius 2 is 2.05 bits per heavy atom. The molecule has 1 aromatic carbocycles. The summed E-state index contributed by atoms with van der Waals surface area (Å²) in [4.78, 5) is 27.0. The number of fused-ring (bicyclic) bond motifs is 1. The summed E-state index contributed by atoms with van der Waals surface area (Å²) in [5, 5.41) is 9.23. The smallest absolute Gasteiger partial charge is 0.337 e. The van der Waals surface area contributed by atoms with Gasteiger partial charge in [0.1, 0.15) is 6.04 Å². The molecule has 1 aromatic heterocycles. The molecule has 0 aliphatic carbocycles. The lowest BCUT2D eigenvalue weighted by Gasteiger charge is -2.20. The van der Waals surface area contributed by atoms with E-state index < -0.39 is 17.9 Å². The number of amides is 1. The zero-order valence-electron chi connectivity index (χ0n) is 10.7. The van der Waals surface area contributed by atoms with Crippen LogP contribution in [0.15, 0.2) is 24.5 Å². The van der Waals surface area contributed by atoms with E-state index in [0.29, 0.717) is 11.0 Å². The molecule has 0 saturated carbocycles. The van der Waals surface area contributed by atoms with Gasteiger partial charge in [0, 0.05) is 0 Å². The number of hydrogen-bond donors (Lipinski definition) is 2. The molecular formula is C13H15N3O3. The summed E-state index contributed by atoms with van der Waals surface area (Å²) in [6.07, 6.45) is 1.46. The van der Waals surface area contributed by atoms with Crippen LogP contribution in [0.2, 0.25) is 0 Å². The second-order valence-corrected chi connectivity index (χ2v) is 4.72. The van der Waals surface area contributed by atoms with Crippen molar-refractivity contribution >= 4 is 22.9 Å². The number of hydrogen-bond acceptors (Lipinski definition) is 3. The highest BCUT2D eigenvalue weighted by molar-refractivity contribution is 6.01. The quantitative estimate of drug-likeness (QED) is 0.869. The van der Waals surface area contributed by atoms with Gasteiger partial charge < -0.3 is 15.4 Å². The lowest BCUT2D eigenvalue weighted by molar-refractivity contribution is -0.122. The number of aromatic nitrogens is 2. The number of nitrogens with zero attached hydrogens (tertiary/aromatic N) is 2. The fourth-order valence-electron chi connectivity index (χ4n) is 2.26. The minimum Gasteiger partial charge on any atom is -0.478 e. The van der Waals surface area contributed by atoms with E-state index >= 15 is 0 Å². The first-order valence-corrected chi connectivity index (χ1v) is 5.91. The molecule has 0 saturated heterocycles. The molecule has 0 fully saturated rings. The Morgan fingerprint density at radius 1 is 1.37 bits per heavy atom. The van der Waals surface area contributed by atoms with Crippen molar-refractivity contribution in [1.82, 2.24) is 9.55 Å². The standard InChI is InChI=1S/C13H15N3O3/c1-7(2)10(12(14)17)16-6-15-9-5-3-4-8(11(9)16)13(18)19/h3-7,10H,1-2H3,(H2,14,17)(H,18,19). The molecule has 3 N–H and O–H groups in total. The van der Waals surface area contributed by atoms with Gasteiger partial charge in [0.2, 0.25) is 5.91 Å². The van der Waals surface area contributed by atoms with E-state index in [1.54, 1.807) is 16.7 Å². The molecule has 1 heterocycles. The molecule has 0 radical (unpaired) electrons. The number of carboxylic acids is 1. The molecule has 6 nitrogen and oxygen atoms in total. The third-order valence-corrected chi connectivity index (χ3v) is 3.05. The summed E-state index contributed by atoms with van der Waals surface area (Å²) in [7, 11) is 0. The van der Waals surface area contributed by atoms with Crippen LogP contribution < -0.4 is 5.73 Å². The Bertz CT molecular complexity index is 646. The van der Waals surface area contributed by atoms with Gasteiger partial charge in [0.15, 0.2) is 0 Å². The Hall–Kier alpha value is -2.37. The van der Waals surface area contributed by atoms with Gasteiger partial charge in [0.05, 0.1) is 22.9 Å². The third kappa shape index (κ3) is 2.16. The number of para-hydroxylation sites is 1. The first-order chi connectivity index (χ1) is 8.93. The number of rotatable bonds is 4. The Kier molecular flexibility index (Phi) is 3.25. The summed E-state index contributed by atoms with van der Waals surface area (Å²) in [6.45, 7) is 3.70. The van der Waals surface area contributed by atoms with E-state index in [4.69, 9.17) is 5.73 Å². The van der Waals surface area contributed by atoms with Crippen LogP contribution in [-0.4, -0.2) is 26.5 Å². The van der Waals surface area contributed by atoms with Crippen LogP contribution in [0, 0.1) is 5.92 Å². The zero-order valence-corrected chi connectivity index (χ0v) is 10.7. The van der Waals surface area contributed by atoms with Crippen LogP contribution in [-0.2, 0) is 4.79 Å². The molecule has 100 valence electrons. The maximum atomic E-state index is 11.6. The molecule has 1 atom stereocenters. The molecule has 0 bridgehead atoms. The van der Waals surface area contributed by atoms with Crippen LogP contribution in [0.4, 0.5) is 0 Å². The fourth-order valence-corrected chi connectivity index (χ4v) is 2.26. The Balaban J connectivity index is 2.74. The second kappa shape index (κ2) is 4.72. The molecule has 0 aliphatic heterocycles. The lowest BCUT2D eigenvalue weighted by Crippen LogP contribution is -2.30. The Labute approximate surface area is 109 Å². The first kappa shape index (κ1) is 13.1. The van der Waals surface area contributed by atoms with Crippen LogP contribution in [0.3, 0.4) is 0 Å². The van der Waals surface area contributed by atoms with Gasteiger partial charge >= 0.3 is 5.97 Å². The normalized spacial score (nSPS) is 12.8. The van der Waals surface area contributed by atoms with Crippen molar-refractivity contribution in [3.63, 3.8) is 0 Å². The minimum atomic E-state index is -1.06. The molecular weight excluding hydrogens is 246 g/mol. The van der Waals surface area contributed by atoms with Crippen molar-refractivity contribution in [2.75, 3.05) is 0 Å². The zero-order chi connectivity index (χ0) is 14.2. The van der Waals surface area contributed by atoms with Gasteiger partial charge in [-0.05, 0) is 18.1 Å². The highest BCUT2D eigenvalue weighted by Gasteiger charge is 2.25. The molecule has 2 rings (SSSR count). The van der Waals surface area contributed by atoms with E-state index in [9.17, 15) is 14.7 Å². The molecule has 2 aromatic rings. The average molecular weight is 261 g/mol. The molecule has 6 heteroatoms. The summed E-state index contributed by atoms with van der Waals surface area (Å²) in [6, 6.07) is 4.20. The molecule has 0 spiro atoms. The topological polar surface area (TPSA) is 98.2 Å². The number of aromatic carboxylic acids is 1. The van der Waals surface area contributed by atoms with E-state index in [2.05, 4.69) is 4.98 Å². The molecule has 19 heavy (non-hydrogen) atoms. The summed E-state index contributed by atoms with van der Waals surface area (Å²) in [5.41, 5.74) is 6.48. The van der Waals surface area contributed by atoms with Gasteiger partial charge in [-0.15, -0.1) is 0 Å². The van der Waals surface area contributed by atoms with Gasteiger partial charge in [-0.2, -0.15) is 0 Å². The number of primary amides is 1. The average Bonchev–Trinajstić information content (AvgIpc) is 2.72. The Morgan fingerprint density at radius 3 is 2.58 bits per heavy atom. The highest BCUT2D eigenvalue weighted by atomic mass is 16.4.